The van der Waals surface area contributed by atoms with Gasteiger partial charge in [-0.1, -0.05) is 18.2 Å². The van der Waals surface area contributed by atoms with Crippen LogP contribution in [0.5, 0.6) is 0 Å². The molecule has 2 N–H and O–H groups in total. The fourth-order valence-electron chi connectivity index (χ4n) is 2.24. The van der Waals surface area contributed by atoms with Gasteiger partial charge >= 0.3 is 6.03 Å². The summed E-state index contributed by atoms with van der Waals surface area (Å²) in [6, 6.07) is 11.7. The highest BCUT2D eigenvalue weighted by atomic mass is 16.2. The smallest absolute Gasteiger partial charge is 0.319 e. The standard InChI is InChI=1S/C14H17N3O/c15-10-11-6-8-13(9-7-11)17-14(18)16-12-4-2-1-3-5-12/h1-5,11,13H,6-9H2,(H2,16,17,18). The van der Waals surface area contributed by atoms with Crippen LogP contribution in [0.25, 0.3) is 0 Å². The first-order chi connectivity index (χ1) is 8.78. The summed E-state index contributed by atoms with van der Waals surface area (Å²) < 4.78 is 0. The Labute approximate surface area is 107 Å². The molecule has 0 spiro atoms. The van der Waals surface area contributed by atoms with Gasteiger partial charge < -0.3 is 10.6 Å². The summed E-state index contributed by atoms with van der Waals surface area (Å²) in [5.74, 6) is 0.167. The highest BCUT2D eigenvalue weighted by molar-refractivity contribution is 5.89. The van der Waals surface area contributed by atoms with Gasteiger partial charge in [0.1, 0.15) is 0 Å². The van der Waals surface area contributed by atoms with E-state index < -0.39 is 0 Å². The predicted octanol–water partition coefficient (Wildman–Crippen LogP) is 2.89. The number of amides is 2. The average Bonchev–Trinajstić information content (AvgIpc) is 2.40. The highest BCUT2D eigenvalue weighted by Gasteiger charge is 2.21. The van der Waals surface area contributed by atoms with E-state index in [4.69, 9.17) is 5.26 Å². The van der Waals surface area contributed by atoms with Crippen molar-refractivity contribution >= 4 is 11.7 Å². The maximum Gasteiger partial charge on any atom is 0.319 e. The number of anilines is 1. The van der Waals surface area contributed by atoms with Crippen molar-refractivity contribution in [1.29, 1.82) is 5.26 Å². The van der Waals surface area contributed by atoms with Gasteiger partial charge in [0.25, 0.3) is 0 Å². The zero-order valence-electron chi connectivity index (χ0n) is 10.2. The molecule has 1 saturated carbocycles. The van der Waals surface area contributed by atoms with Gasteiger partial charge in [-0.25, -0.2) is 4.79 Å². The van der Waals surface area contributed by atoms with E-state index in [0.717, 1.165) is 31.4 Å². The quantitative estimate of drug-likeness (QED) is 0.838. The maximum atomic E-state index is 11.7. The molecule has 0 saturated heterocycles. The van der Waals surface area contributed by atoms with Crippen molar-refractivity contribution in [3.05, 3.63) is 30.3 Å². The number of nitrogens with one attached hydrogen (secondary N) is 2. The van der Waals surface area contributed by atoms with E-state index in [9.17, 15) is 4.79 Å². The molecule has 0 heterocycles. The van der Waals surface area contributed by atoms with Crippen molar-refractivity contribution in [2.75, 3.05) is 5.32 Å². The predicted molar refractivity (Wildman–Crippen MR) is 70.0 cm³/mol. The molecule has 1 aliphatic carbocycles. The van der Waals surface area contributed by atoms with Crippen LogP contribution in [-0.4, -0.2) is 12.1 Å². The van der Waals surface area contributed by atoms with Crippen molar-refractivity contribution < 1.29 is 4.79 Å². The van der Waals surface area contributed by atoms with E-state index in [2.05, 4.69) is 16.7 Å². The Hall–Kier alpha value is -2.02. The van der Waals surface area contributed by atoms with Crippen LogP contribution in [0.1, 0.15) is 25.7 Å². The molecule has 0 aliphatic heterocycles. The molecule has 2 rings (SSSR count). The summed E-state index contributed by atoms with van der Waals surface area (Å²) >= 11 is 0. The molecule has 4 nitrogen and oxygen atoms in total. The van der Waals surface area contributed by atoms with Crippen LogP contribution >= 0.6 is 0 Å². The van der Waals surface area contributed by atoms with Crippen LogP contribution in [0.3, 0.4) is 0 Å². The van der Waals surface area contributed by atoms with Gasteiger partial charge in [0, 0.05) is 17.6 Å². The van der Waals surface area contributed by atoms with E-state index in [-0.39, 0.29) is 18.0 Å². The van der Waals surface area contributed by atoms with Crippen molar-refractivity contribution in [2.24, 2.45) is 5.92 Å². The molecule has 94 valence electrons. The van der Waals surface area contributed by atoms with Crippen LogP contribution in [0.2, 0.25) is 0 Å². The van der Waals surface area contributed by atoms with Crippen LogP contribution in [-0.2, 0) is 0 Å². The van der Waals surface area contributed by atoms with E-state index in [1.165, 1.54) is 0 Å². The van der Waals surface area contributed by atoms with Crippen LogP contribution in [0.15, 0.2) is 30.3 Å². The summed E-state index contributed by atoms with van der Waals surface area (Å²) in [6.07, 6.45) is 3.54. The van der Waals surface area contributed by atoms with Gasteiger partial charge in [-0.2, -0.15) is 5.26 Å². The SMILES string of the molecule is N#CC1CCC(NC(=O)Nc2ccccc2)CC1. The first-order valence-corrected chi connectivity index (χ1v) is 6.30. The first-order valence-electron chi connectivity index (χ1n) is 6.30. The molecule has 0 atom stereocenters. The first kappa shape index (κ1) is 12.4. The van der Waals surface area contributed by atoms with Gasteiger partial charge in [-0.05, 0) is 37.8 Å². The van der Waals surface area contributed by atoms with Gasteiger partial charge in [-0.15, -0.1) is 0 Å². The van der Waals surface area contributed by atoms with E-state index >= 15 is 0 Å². The van der Waals surface area contributed by atoms with Crippen LogP contribution < -0.4 is 10.6 Å². The molecule has 0 aromatic heterocycles. The third-order valence-corrected chi connectivity index (χ3v) is 3.28. The summed E-state index contributed by atoms with van der Waals surface area (Å²) in [7, 11) is 0. The summed E-state index contributed by atoms with van der Waals surface area (Å²) in [5.41, 5.74) is 0.792. The molecule has 1 aromatic rings. The molecule has 4 heteroatoms. The third-order valence-electron chi connectivity index (χ3n) is 3.28. The fraction of sp³-hybridized carbons (Fsp3) is 0.429. The largest absolute Gasteiger partial charge is 0.335 e. The minimum atomic E-state index is -0.165. The fourth-order valence-corrected chi connectivity index (χ4v) is 2.24. The van der Waals surface area contributed by atoms with Gasteiger partial charge in [0.2, 0.25) is 0 Å². The second-order valence-corrected chi connectivity index (χ2v) is 4.64. The van der Waals surface area contributed by atoms with Crippen molar-refractivity contribution in [3.8, 4) is 6.07 Å². The van der Waals surface area contributed by atoms with E-state index in [1.54, 1.807) is 0 Å². The number of carbonyl (C=O) groups excluding carboxylic acids is 1. The average molecular weight is 243 g/mol. The van der Waals surface area contributed by atoms with Crippen molar-refractivity contribution in [1.82, 2.24) is 5.32 Å². The Morgan fingerprint density at radius 3 is 2.44 bits per heavy atom. The lowest BCUT2D eigenvalue weighted by Crippen LogP contribution is -2.40. The Bertz CT molecular complexity index is 430. The monoisotopic (exact) mass is 243 g/mol. The zero-order valence-corrected chi connectivity index (χ0v) is 10.2. The number of rotatable bonds is 2. The Morgan fingerprint density at radius 2 is 1.83 bits per heavy atom. The normalized spacial score (nSPS) is 22.8. The molecule has 2 amide bonds. The summed E-state index contributed by atoms with van der Waals surface area (Å²) in [4.78, 5) is 11.7. The summed E-state index contributed by atoms with van der Waals surface area (Å²) in [5, 5.41) is 14.6. The number of nitriles is 1. The molecule has 1 fully saturated rings. The number of benzene rings is 1. The lowest BCUT2D eigenvalue weighted by atomic mass is 9.87. The van der Waals surface area contributed by atoms with Crippen molar-refractivity contribution in [3.63, 3.8) is 0 Å². The van der Waals surface area contributed by atoms with Gasteiger partial charge in [0.15, 0.2) is 0 Å². The Morgan fingerprint density at radius 1 is 1.17 bits per heavy atom. The minimum absolute atomic E-state index is 0.165. The van der Waals surface area contributed by atoms with Gasteiger partial charge in [0.05, 0.1) is 6.07 Å². The molecular weight excluding hydrogens is 226 g/mol. The second kappa shape index (κ2) is 6.06. The summed E-state index contributed by atoms with van der Waals surface area (Å²) in [6.45, 7) is 0. The van der Waals surface area contributed by atoms with Gasteiger partial charge in [-0.3, -0.25) is 0 Å². The molecule has 0 bridgehead atoms. The molecule has 0 radical (unpaired) electrons. The van der Waals surface area contributed by atoms with Crippen molar-refractivity contribution in [2.45, 2.75) is 31.7 Å². The molecule has 18 heavy (non-hydrogen) atoms. The van der Waals surface area contributed by atoms with E-state index in [0.29, 0.717) is 0 Å². The topological polar surface area (TPSA) is 64.9 Å². The Balaban J connectivity index is 1.77. The highest BCUT2D eigenvalue weighted by Crippen LogP contribution is 2.23. The Kier molecular flexibility index (Phi) is 4.19. The maximum absolute atomic E-state index is 11.7. The molecule has 0 unspecified atom stereocenters. The number of para-hydroxylation sites is 1. The number of nitrogens with zero attached hydrogens (tertiary/aromatic N) is 1. The van der Waals surface area contributed by atoms with E-state index in [1.807, 2.05) is 30.3 Å². The number of urea groups is 1. The minimum Gasteiger partial charge on any atom is -0.335 e. The second-order valence-electron chi connectivity index (χ2n) is 4.64. The number of hydrogen-bond donors (Lipinski definition) is 2. The molecular formula is C14H17N3O. The third kappa shape index (κ3) is 3.49. The molecule has 1 aromatic carbocycles. The lowest BCUT2D eigenvalue weighted by molar-refractivity contribution is 0.242. The van der Waals surface area contributed by atoms with Crippen LogP contribution in [0.4, 0.5) is 10.5 Å². The zero-order chi connectivity index (χ0) is 12.8. The molecule has 1 aliphatic rings. The lowest BCUT2D eigenvalue weighted by Gasteiger charge is -2.25. The number of hydrogen-bond acceptors (Lipinski definition) is 2. The van der Waals surface area contributed by atoms with Crippen LogP contribution in [0, 0.1) is 17.2 Å². The number of carbonyl (C=O) groups is 1.